The van der Waals surface area contributed by atoms with E-state index in [0.29, 0.717) is 17.2 Å². The molecular formula is C15H14N6O3. The van der Waals surface area contributed by atoms with Gasteiger partial charge in [-0.05, 0) is 35.5 Å². The van der Waals surface area contributed by atoms with Gasteiger partial charge in [-0.25, -0.2) is 0 Å². The van der Waals surface area contributed by atoms with E-state index in [-0.39, 0.29) is 16.9 Å². The normalized spacial score (nSPS) is 10.4. The van der Waals surface area contributed by atoms with Crippen molar-refractivity contribution in [2.24, 2.45) is 0 Å². The number of anilines is 1. The van der Waals surface area contributed by atoms with Gasteiger partial charge in [0.1, 0.15) is 5.69 Å². The van der Waals surface area contributed by atoms with E-state index >= 15 is 0 Å². The number of aromatic amines is 1. The molecule has 0 unspecified atom stereocenters. The molecule has 0 saturated carbocycles. The Kier molecular flexibility index (Phi) is 4.06. The number of pyridine rings is 1. The van der Waals surface area contributed by atoms with Crippen LogP contribution in [0.4, 0.5) is 5.69 Å². The highest BCUT2D eigenvalue weighted by molar-refractivity contribution is 6.02. The van der Waals surface area contributed by atoms with Gasteiger partial charge in [-0.1, -0.05) is 6.07 Å². The highest BCUT2D eigenvalue weighted by Gasteiger charge is 2.11. The molecule has 0 atom stereocenters. The summed E-state index contributed by atoms with van der Waals surface area (Å²) < 4.78 is 6.42. The van der Waals surface area contributed by atoms with Crippen LogP contribution in [0.15, 0.2) is 41.3 Å². The SMILES string of the molecule is COc1c[nH]c(C(=O)Nc2cccc(-n3nnnc3C)c2)cc1=O. The van der Waals surface area contributed by atoms with E-state index in [1.165, 1.54) is 19.4 Å². The second-order valence-electron chi connectivity index (χ2n) is 4.92. The van der Waals surface area contributed by atoms with Gasteiger partial charge in [-0.15, -0.1) is 5.10 Å². The summed E-state index contributed by atoms with van der Waals surface area (Å²) in [6.45, 7) is 1.77. The third-order valence-corrected chi connectivity index (χ3v) is 3.32. The molecule has 122 valence electrons. The fourth-order valence-corrected chi connectivity index (χ4v) is 2.13. The van der Waals surface area contributed by atoms with Crippen LogP contribution in [0.5, 0.6) is 5.75 Å². The minimum atomic E-state index is -0.444. The van der Waals surface area contributed by atoms with Crippen molar-refractivity contribution in [2.45, 2.75) is 6.92 Å². The van der Waals surface area contributed by atoms with Crippen LogP contribution in [0.3, 0.4) is 0 Å². The molecule has 3 aromatic rings. The first kappa shape index (κ1) is 15.4. The molecule has 24 heavy (non-hydrogen) atoms. The molecule has 0 aliphatic heterocycles. The highest BCUT2D eigenvalue weighted by Crippen LogP contribution is 2.15. The summed E-state index contributed by atoms with van der Waals surface area (Å²) in [4.78, 5) is 26.7. The van der Waals surface area contributed by atoms with E-state index in [2.05, 4.69) is 25.8 Å². The lowest BCUT2D eigenvalue weighted by molar-refractivity contribution is 0.102. The zero-order valence-electron chi connectivity index (χ0n) is 13.0. The minimum Gasteiger partial charge on any atom is -0.491 e. The fraction of sp³-hybridized carbons (Fsp3) is 0.133. The maximum Gasteiger partial charge on any atom is 0.272 e. The van der Waals surface area contributed by atoms with Gasteiger partial charge in [0.15, 0.2) is 11.6 Å². The van der Waals surface area contributed by atoms with Crippen LogP contribution in [0.25, 0.3) is 5.69 Å². The molecule has 0 radical (unpaired) electrons. The molecule has 2 aromatic heterocycles. The maximum absolute atomic E-state index is 12.3. The Balaban J connectivity index is 1.84. The fourth-order valence-electron chi connectivity index (χ4n) is 2.13. The highest BCUT2D eigenvalue weighted by atomic mass is 16.5. The molecule has 3 rings (SSSR count). The number of tetrazole rings is 1. The number of aromatic nitrogens is 5. The molecule has 2 heterocycles. The number of ether oxygens (including phenoxy) is 1. The number of benzene rings is 1. The van der Waals surface area contributed by atoms with E-state index in [9.17, 15) is 9.59 Å². The molecule has 9 nitrogen and oxygen atoms in total. The first-order valence-corrected chi connectivity index (χ1v) is 7.02. The van der Waals surface area contributed by atoms with Crippen LogP contribution in [0.2, 0.25) is 0 Å². The standard InChI is InChI=1S/C15H14N6O3/c1-9-18-19-20-21(9)11-5-3-4-10(6-11)17-15(23)12-7-13(22)14(24-2)8-16-12/h3-8H,1-2H3,(H,16,22)(H,17,23). The summed E-state index contributed by atoms with van der Waals surface area (Å²) in [5, 5.41) is 14.0. The summed E-state index contributed by atoms with van der Waals surface area (Å²) in [5.74, 6) is 0.320. The molecule has 0 bridgehead atoms. The Labute approximate surface area is 136 Å². The summed E-state index contributed by atoms with van der Waals surface area (Å²) in [5.41, 5.74) is 1.01. The van der Waals surface area contributed by atoms with Crippen molar-refractivity contribution in [3.05, 3.63) is 58.3 Å². The van der Waals surface area contributed by atoms with Gasteiger partial charge in [-0.3, -0.25) is 9.59 Å². The van der Waals surface area contributed by atoms with Crippen LogP contribution in [0.1, 0.15) is 16.3 Å². The molecule has 0 saturated heterocycles. The third-order valence-electron chi connectivity index (χ3n) is 3.32. The Hall–Kier alpha value is -3.49. The van der Waals surface area contributed by atoms with Gasteiger partial charge in [0, 0.05) is 18.0 Å². The van der Waals surface area contributed by atoms with Gasteiger partial charge in [0.25, 0.3) is 5.91 Å². The van der Waals surface area contributed by atoms with Crippen molar-refractivity contribution < 1.29 is 9.53 Å². The van der Waals surface area contributed by atoms with Gasteiger partial charge in [-0.2, -0.15) is 4.68 Å². The molecule has 1 aromatic carbocycles. The number of rotatable bonds is 4. The number of nitrogens with zero attached hydrogens (tertiary/aromatic N) is 4. The summed E-state index contributed by atoms with van der Waals surface area (Å²) in [6.07, 6.45) is 1.35. The van der Waals surface area contributed by atoms with Crippen LogP contribution >= 0.6 is 0 Å². The van der Waals surface area contributed by atoms with Crippen LogP contribution in [-0.2, 0) is 0 Å². The number of methoxy groups -OCH3 is 1. The predicted molar refractivity (Wildman–Crippen MR) is 85.5 cm³/mol. The Morgan fingerprint density at radius 3 is 2.83 bits per heavy atom. The average molecular weight is 326 g/mol. The number of carbonyl (C=O) groups is 1. The molecular weight excluding hydrogens is 312 g/mol. The summed E-state index contributed by atoms with van der Waals surface area (Å²) in [6, 6.07) is 8.21. The quantitative estimate of drug-likeness (QED) is 0.737. The van der Waals surface area contributed by atoms with Gasteiger partial charge in [0.05, 0.1) is 12.8 Å². The Morgan fingerprint density at radius 2 is 2.17 bits per heavy atom. The number of carbonyl (C=O) groups excluding carboxylic acids is 1. The largest absolute Gasteiger partial charge is 0.491 e. The van der Waals surface area contributed by atoms with Crippen LogP contribution < -0.4 is 15.5 Å². The Bertz CT molecular complexity index is 946. The molecule has 0 aliphatic carbocycles. The van der Waals surface area contributed by atoms with Crippen LogP contribution in [0, 0.1) is 6.92 Å². The lowest BCUT2D eigenvalue weighted by Crippen LogP contribution is -2.17. The number of amides is 1. The number of hydrogen-bond donors (Lipinski definition) is 2. The molecule has 9 heteroatoms. The van der Waals surface area contributed by atoms with Gasteiger partial charge >= 0.3 is 0 Å². The number of nitrogens with one attached hydrogen (secondary N) is 2. The molecule has 2 N–H and O–H groups in total. The first-order chi connectivity index (χ1) is 11.6. The number of H-pyrrole nitrogens is 1. The van der Waals surface area contributed by atoms with Crippen molar-refractivity contribution in [2.75, 3.05) is 12.4 Å². The maximum atomic E-state index is 12.3. The van der Waals surface area contributed by atoms with E-state index < -0.39 is 5.91 Å². The van der Waals surface area contributed by atoms with Crippen molar-refractivity contribution in [3.8, 4) is 11.4 Å². The minimum absolute atomic E-state index is 0.129. The van der Waals surface area contributed by atoms with E-state index in [1.807, 2.05) is 6.07 Å². The lowest BCUT2D eigenvalue weighted by Gasteiger charge is -2.08. The number of hydrogen-bond acceptors (Lipinski definition) is 6. The van der Waals surface area contributed by atoms with Crippen molar-refractivity contribution in [1.29, 1.82) is 0 Å². The molecule has 0 fully saturated rings. The van der Waals surface area contributed by atoms with Gasteiger partial charge < -0.3 is 15.0 Å². The third kappa shape index (κ3) is 3.00. The first-order valence-electron chi connectivity index (χ1n) is 7.02. The Morgan fingerprint density at radius 1 is 1.33 bits per heavy atom. The predicted octanol–water partition coefficient (Wildman–Crippen LogP) is 0.920. The van der Waals surface area contributed by atoms with Crippen molar-refractivity contribution >= 4 is 11.6 Å². The monoisotopic (exact) mass is 326 g/mol. The average Bonchev–Trinajstić information content (AvgIpc) is 3.01. The second kappa shape index (κ2) is 6.32. The smallest absolute Gasteiger partial charge is 0.272 e. The van der Waals surface area contributed by atoms with Crippen molar-refractivity contribution in [1.82, 2.24) is 25.2 Å². The van der Waals surface area contributed by atoms with E-state index in [0.717, 1.165) is 0 Å². The number of aryl methyl sites for hydroxylation is 1. The second-order valence-corrected chi connectivity index (χ2v) is 4.92. The summed E-state index contributed by atoms with van der Waals surface area (Å²) in [7, 11) is 1.39. The summed E-state index contributed by atoms with van der Waals surface area (Å²) >= 11 is 0. The van der Waals surface area contributed by atoms with Crippen molar-refractivity contribution in [3.63, 3.8) is 0 Å². The molecule has 0 aliphatic rings. The van der Waals surface area contributed by atoms with Gasteiger partial charge in [0.2, 0.25) is 5.43 Å². The van der Waals surface area contributed by atoms with E-state index in [1.54, 1.807) is 29.8 Å². The van der Waals surface area contributed by atoms with E-state index in [4.69, 9.17) is 4.74 Å². The van der Waals surface area contributed by atoms with Crippen LogP contribution in [-0.4, -0.2) is 38.2 Å². The lowest BCUT2D eigenvalue weighted by atomic mass is 10.2. The molecule has 1 amide bonds. The topological polar surface area (TPSA) is 115 Å². The molecule has 0 spiro atoms. The zero-order chi connectivity index (χ0) is 17.1. The zero-order valence-corrected chi connectivity index (χ0v) is 13.0.